The van der Waals surface area contributed by atoms with E-state index < -0.39 is 6.04 Å². The molecule has 7 heteroatoms. The molecule has 0 aliphatic carbocycles. The average molecular weight is 354 g/mol. The van der Waals surface area contributed by atoms with Crippen molar-refractivity contribution in [1.82, 2.24) is 15.1 Å². The Bertz CT molecular complexity index is 569. The number of piperazine rings is 1. The maximum atomic E-state index is 12.9. The van der Waals surface area contributed by atoms with Crippen molar-refractivity contribution in [2.24, 2.45) is 0 Å². The number of ether oxygens (including phenoxy) is 1. The molecule has 132 valence electrons. The number of hydrogen-bond donors (Lipinski definition) is 1. The second-order valence-electron chi connectivity index (χ2n) is 6.18. The number of carbonyl (C=O) groups is 2. The first kappa shape index (κ1) is 18.7. The minimum Gasteiger partial charge on any atom is -0.369 e. The highest BCUT2D eigenvalue weighted by Crippen LogP contribution is 2.16. The Hall–Kier alpha value is -1.63. The number of hydrogen-bond acceptors (Lipinski definition) is 4. The molecule has 24 heavy (non-hydrogen) atoms. The van der Waals surface area contributed by atoms with E-state index in [9.17, 15) is 9.59 Å². The molecule has 0 radical (unpaired) electrons. The van der Waals surface area contributed by atoms with Crippen molar-refractivity contribution in [2.45, 2.75) is 25.6 Å². The van der Waals surface area contributed by atoms with Crippen LogP contribution in [0.4, 0.5) is 0 Å². The van der Waals surface area contributed by atoms with E-state index >= 15 is 0 Å². The maximum absolute atomic E-state index is 12.9. The molecule has 6 nitrogen and oxygen atoms in total. The summed E-state index contributed by atoms with van der Waals surface area (Å²) in [6.45, 7) is 4.96. The second kappa shape index (κ2) is 8.46. The van der Waals surface area contributed by atoms with Gasteiger partial charge in [0.1, 0.15) is 12.6 Å². The summed E-state index contributed by atoms with van der Waals surface area (Å²) < 4.78 is 5.35. The summed E-state index contributed by atoms with van der Waals surface area (Å²) >= 11 is 0. The van der Waals surface area contributed by atoms with E-state index in [-0.39, 0.29) is 43.5 Å². The summed E-state index contributed by atoms with van der Waals surface area (Å²) in [5.41, 5.74) is 1.02. The van der Waals surface area contributed by atoms with Crippen LogP contribution in [0.5, 0.6) is 0 Å². The quantitative estimate of drug-likeness (QED) is 0.867. The minimum atomic E-state index is -0.526. The number of rotatable bonds is 3. The predicted molar refractivity (Wildman–Crippen MR) is 92.9 cm³/mol. The summed E-state index contributed by atoms with van der Waals surface area (Å²) in [6.07, 6.45) is 0. The van der Waals surface area contributed by atoms with Crippen LogP contribution in [0.15, 0.2) is 30.3 Å². The van der Waals surface area contributed by atoms with Crippen LogP contribution in [-0.4, -0.2) is 66.5 Å². The third-order valence-electron chi connectivity index (χ3n) is 4.36. The SMILES string of the molecule is CC1CN(C(=O)[C@H]2COCC(=O)N2Cc2ccccc2)CCN1.Cl. The summed E-state index contributed by atoms with van der Waals surface area (Å²) in [5.74, 6) is -0.135. The standard InChI is InChI=1S/C17H23N3O3.ClH/c1-13-9-19(8-7-18-13)17(22)15-11-23-12-16(21)20(15)10-14-5-3-2-4-6-14;/h2-6,13,15,18H,7-12H2,1H3;1H/t13?,15-;/m1./s1. The fourth-order valence-electron chi connectivity index (χ4n) is 3.13. The highest BCUT2D eigenvalue weighted by Gasteiger charge is 2.37. The Kier molecular flexibility index (Phi) is 6.60. The van der Waals surface area contributed by atoms with E-state index in [0.29, 0.717) is 19.6 Å². The van der Waals surface area contributed by atoms with E-state index in [4.69, 9.17) is 4.74 Å². The molecule has 2 fully saturated rings. The van der Waals surface area contributed by atoms with Crippen molar-refractivity contribution < 1.29 is 14.3 Å². The van der Waals surface area contributed by atoms with Gasteiger partial charge in [0.15, 0.2) is 0 Å². The number of amides is 2. The number of carbonyl (C=O) groups excluding carboxylic acids is 2. The maximum Gasteiger partial charge on any atom is 0.249 e. The first-order valence-corrected chi connectivity index (χ1v) is 8.08. The Morgan fingerprint density at radius 1 is 1.33 bits per heavy atom. The number of halogens is 1. The molecule has 2 aliphatic heterocycles. The lowest BCUT2D eigenvalue weighted by atomic mass is 10.1. The molecule has 0 aromatic heterocycles. The fourth-order valence-corrected chi connectivity index (χ4v) is 3.13. The lowest BCUT2D eigenvalue weighted by Gasteiger charge is -2.40. The lowest BCUT2D eigenvalue weighted by Crippen LogP contribution is -2.60. The Balaban J connectivity index is 0.00000208. The Labute approximate surface area is 148 Å². The topological polar surface area (TPSA) is 61.9 Å². The summed E-state index contributed by atoms with van der Waals surface area (Å²) in [6, 6.07) is 9.51. The van der Waals surface area contributed by atoms with Crippen LogP contribution >= 0.6 is 12.4 Å². The minimum absolute atomic E-state index is 0. The Morgan fingerprint density at radius 3 is 2.79 bits per heavy atom. The van der Waals surface area contributed by atoms with Gasteiger partial charge in [0.25, 0.3) is 0 Å². The number of nitrogens with one attached hydrogen (secondary N) is 1. The molecular weight excluding hydrogens is 330 g/mol. The van der Waals surface area contributed by atoms with Gasteiger partial charge in [-0.15, -0.1) is 12.4 Å². The molecule has 1 unspecified atom stereocenters. The number of morpholine rings is 1. The normalized spacial score (nSPS) is 24.5. The van der Waals surface area contributed by atoms with Crippen molar-refractivity contribution >= 4 is 24.2 Å². The van der Waals surface area contributed by atoms with Gasteiger partial charge in [0.05, 0.1) is 6.61 Å². The molecule has 2 saturated heterocycles. The molecule has 3 rings (SSSR count). The fraction of sp³-hybridized carbons (Fsp3) is 0.529. The van der Waals surface area contributed by atoms with Crippen molar-refractivity contribution in [3.63, 3.8) is 0 Å². The molecule has 0 bridgehead atoms. The molecule has 0 saturated carbocycles. The summed E-state index contributed by atoms with van der Waals surface area (Å²) in [5, 5.41) is 3.32. The first-order valence-electron chi connectivity index (χ1n) is 8.08. The zero-order valence-corrected chi connectivity index (χ0v) is 14.6. The zero-order valence-electron chi connectivity index (χ0n) is 13.8. The van der Waals surface area contributed by atoms with Gasteiger partial charge in [-0.05, 0) is 12.5 Å². The van der Waals surface area contributed by atoms with Crippen LogP contribution in [0.25, 0.3) is 0 Å². The van der Waals surface area contributed by atoms with Gasteiger partial charge >= 0.3 is 0 Å². The van der Waals surface area contributed by atoms with Gasteiger partial charge < -0.3 is 19.9 Å². The number of nitrogens with zero attached hydrogens (tertiary/aromatic N) is 2. The van der Waals surface area contributed by atoms with Gasteiger partial charge in [-0.1, -0.05) is 30.3 Å². The largest absolute Gasteiger partial charge is 0.369 e. The molecule has 1 aromatic rings. The van der Waals surface area contributed by atoms with Crippen LogP contribution in [0.3, 0.4) is 0 Å². The van der Waals surface area contributed by atoms with E-state index in [1.807, 2.05) is 35.2 Å². The third kappa shape index (κ3) is 4.26. The van der Waals surface area contributed by atoms with Crippen LogP contribution in [0.2, 0.25) is 0 Å². The second-order valence-corrected chi connectivity index (χ2v) is 6.18. The average Bonchev–Trinajstić information content (AvgIpc) is 2.57. The first-order chi connectivity index (χ1) is 11.1. The molecule has 0 spiro atoms. The zero-order chi connectivity index (χ0) is 16.2. The van der Waals surface area contributed by atoms with Crippen LogP contribution < -0.4 is 5.32 Å². The van der Waals surface area contributed by atoms with Crippen LogP contribution in [0.1, 0.15) is 12.5 Å². The van der Waals surface area contributed by atoms with Gasteiger partial charge in [-0.25, -0.2) is 0 Å². The van der Waals surface area contributed by atoms with E-state index in [0.717, 1.165) is 12.1 Å². The van der Waals surface area contributed by atoms with Gasteiger partial charge in [0.2, 0.25) is 11.8 Å². The van der Waals surface area contributed by atoms with E-state index in [1.54, 1.807) is 4.90 Å². The van der Waals surface area contributed by atoms with Gasteiger partial charge in [-0.3, -0.25) is 9.59 Å². The summed E-state index contributed by atoms with van der Waals surface area (Å²) in [7, 11) is 0. The Morgan fingerprint density at radius 2 is 2.08 bits per heavy atom. The van der Waals surface area contributed by atoms with Gasteiger partial charge in [0, 0.05) is 32.2 Å². The highest BCUT2D eigenvalue weighted by molar-refractivity contribution is 5.89. The molecule has 1 N–H and O–H groups in total. The van der Waals surface area contributed by atoms with Crippen LogP contribution in [-0.2, 0) is 20.9 Å². The van der Waals surface area contributed by atoms with E-state index in [2.05, 4.69) is 12.2 Å². The van der Waals surface area contributed by atoms with Crippen molar-refractivity contribution in [3.05, 3.63) is 35.9 Å². The molecule has 2 atom stereocenters. The monoisotopic (exact) mass is 353 g/mol. The highest BCUT2D eigenvalue weighted by atomic mass is 35.5. The molecule has 2 heterocycles. The van der Waals surface area contributed by atoms with E-state index in [1.165, 1.54) is 0 Å². The molecule has 2 amide bonds. The molecular formula is C17H24ClN3O3. The van der Waals surface area contributed by atoms with Gasteiger partial charge in [-0.2, -0.15) is 0 Å². The van der Waals surface area contributed by atoms with Crippen molar-refractivity contribution in [2.75, 3.05) is 32.8 Å². The predicted octanol–water partition coefficient (Wildman–Crippen LogP) is 0.656. The van der Waals surface area contributed by atoms with Crippen molar-refractivity contribution in [1.29, 1.82) is 0 Å². The molecule has 2 aliphatic rings. The third-order valence-corrected chi connectivity index (χ3v) is 4.36. The number of benzene rings is 1. The summed E-state index contributed by atoms with van der Waals surface area (Å²) in [4.78, 5) is 28.6. The van der Waals surface area contributed by atoms with Crippen molar-refractivity contribution in [3.8, 4) is 0 Å². The molecule has 1 aromatic carbocycles. The smallest absolute Gasteiger partial charge is 0.249 e. The lowest BCUT2D eigenvalue weighted by molar-refractivity contribution is -0.160. The van der Waals surface area contributed by atoms with Crippen LogP contribution in [0, 0.1) is 0 Å².